The number of hydrogen-bond acceptors (Lipinski definition) is 4. The van der Waals surface area contributed by atoms with Gasteiger partial charge in [0.1, 0.15) is 6.04 Å². The topological polar surface area (TPSA) is 102 Å². The third kappa shape index (κ3) is 4.08. The molecule has 2 rings (SSSR count). The Morgan fingerprint density at radius 3 is 2.12 bits per heavy atom. The SMILES string of the molecule is CC(NC(=O)O)C(=O)N1CC(C)N(C(=O)N2CCOCC2)C(C)C1. The second-order valence-corrected chi connectivity index (χ2v) is 6.40. The summed E-state index contributed by atoms with van der Waals surface area (Å²) in [5.74, 6) is -0.269. The second-order valence-electron chi connectivity index (χ2n) is 6.40. The molecule has 0 aliphatic carbocycles. The Morgan fingerprint density at radius 2 is 1.62 bits per heavy atom. The predicted octanol–water partition coefficient (Wildman–Crippen LogP) is 0.0159. The quantitative estimate of drug-likeness (QED) is 0.736. The molecule has 136 valence electrons. The van der Waals surface area contributed by atoms with Gasteiger partial charge in [0.2, 0.25) is 5.91 Å². The van der Waals surface area contributed by atoms with Crippen LogP contribution in [-0.4, -0.2) is 95.4 Å². The van der Waals surface area contributed by atoms with E-state index in [1.165, 1.54) is 6.92 Å². The van der Waals surface area contributed by atoms with Crippen molar-refractivity contribution >= 4 is 18.0 Å². The molecule has 3 atom stereocenters. The number of urea groups is 1. The summed E-state index contributed by atoms with van der Waals surface area (Å²) in [5.41, 5.74) is 0. The lowest BCUT2D eigenvalue weighted by atomic mass is 10.1. The number of nitrogens with zero attached hydrogens (tertiary/aromatic N) is 3. The van der Waals surface area contributed by atoms with E-state index in [4.69, 9.17) is 9.84 Å². The molecule has 9 nitrogen and oxygen atoms in total. The van der Waals surface area contributed by atoms with Crippen molar-refractivity contribution in [3.05, 3.63) is 0 Å². The number of piperazine rings is 1. The van der Waals surface area contributed by atoms with Crippen LogP contribution < -0.4 is 5.32 Å². The average molecular weight is 342 g/mol. The fourth-order valence-corrected chi connectivity index (χ4v) is 3.32. The van der Waals surface area contributed by atoms with Gasteiger partial charge in [-0.3, -0.25) is 4.79 Å². The molecule has 2 fully saturated rings. The molecule has 2 aliphatic rings. The van der Waals surface area contributed by atoms with Crippen LogP contribution in [0.3, 0.4) is 0 Å². The van der Waals surface area contributed by atoms with E-state index in [1.54, 1.807) is 9.80 Å². The zero-order valence-electron chi connectivity index (χ0n) is 14.4. The van der Waals surface area contributed by atoms with Crippen LogP contribution in [0.15, 0.2) is 0 Å². The Morgan fingerprint density at radius 1 is 1.08 bits per heavy atom. The largest absolute Gasteiger partial charge is 0.465 e. The highest BCUT2D eigenvalue weighted by atomic mass is 16.5. The van der Waals surface area contributed by atoms with Gasteiger partial charge in [-0.2, -0.15) is 0 Å². The van der Waals surface area contributed by atoms with Crippen LogP contribution in [0.5, 0.6) is 0 Å². The molecule has 0 aromatic rings. The van der Waals surface area contributed by atoms with E-state index >= 15 is 0 Å². The number of hydrogen-bond donors (Lipinski definition) is 2. The maximum absolute atomic E-state index is 12.7. The molecule has 0 aromatic heterocycles. The molecule has 2 saturated heterocycles. The summed E-state index contributed by atoms with van der Waals surface area (Å²) < 4.78 is 5.28. The van der Waals surface area contributed by atoms with Gasteiger partial charge in [0.05, 0.1) is 13.2 Å². The summed E-state index contributed by atoms with van der Waals surface area (Å²) in [6.07, 6.45) is -1.22. The van der Waals surface area contributed by atoms with Crippen LogP contribution in [-0.2, 0) is 9.53 Å². The van der Waals surface area contributed by atoms with Crippen molar-refractivity contribution in [2.75, 3.05) is 39.4 Å². The molecule has 0 saturated carbocycles. The first kappa shape index (κ1) is 18.3. The van der Waals surface area contributed by atoms with Crippen LogP contribution in [0.25, 0.3) is 0 Å². The summed E-state index contributed by atoms with van der Waals surface area (Å²) in [6, 6.07) is -1.10. The first-order chi connectivity index (χ1) is 11.3. The molecule has 2 N–H and O–H groups in total. The Hall–Kier alpha value is -2.03. The van der Waals surface area contributed by atoms with Crippen molar-refractivity contribution in [1.82, 2.24) is 20.0 Å². The number of rotatable bonds is 2. The number of nitrogens with one attached hydrogen (secondary N) is 1. The van der Waals surface area contributed by atoms with Crippen molar-refractivity contribution in [2.45, 2.75) is 38.9 Å². The van der Waals surface area contributed by atoms with Gasteiger partial charge in [0.15, 0.2) is 0 Å². The lowest BCUT2D eigenvalue weighted by Gasteiger charge is -2.46. The van der Waals surface area contributed by atoms with Gasteiger partial charge in [0, 0.05) is 38.3 Å². The van der Waals surface area contributed by atoms with E-state index in [1.807, 2.05) is 18.7 Å². The Balaban J connectivity index is 1.99. The summed E-state index contributed by atoms with van der Waals surface area (Å²) in [7, 11) is 0. The van der Waals surface area contributed by atoms with Gasteiger partial charge < -0.3 is 29.9 Å². The van der Waals surface area contributed by atoms with E-state index in [2.05, 4.69) is 5.32 Å². The minimum absolute atomic E-state index is 0.0258. The normalized spacial score (nSPS) is 26.0. The van der Waals surface area contributed by atoms with E-state index < -0.39 is 12.1 Å². The minimum Gasteiger partial charge on any atom is -0.465 e. The summed E-state index contributed by atoms with van der Waals surface area (Å²) in [4.78, 5) is 41.0. The summed E-state index contributed by atoms with van der Waals surface area (Å²) in [5, 5.41) is 10.9. The zero-order chi connectivity index (χ0) is 17.9. The zero-order valence-corrected chi connectivity index (χ0v) is 14.4. The summed E-state index contributed by atoms with van der Waals surface area (Å²) >= 11 is 0. The maximum atomic E-state index is 12.7. The highest BCUT2D eigenvalue weighted by Crippen LogP contribution is 2.19. The molecule has 0 radical (unpaired) electrons. The molecule has 0 aromatic carbocycles. The average Bonchev–Trinajstić information content (AvgIpc) is 2.53. The van der Waals surface area contributed by atoms with Crippen LogP contribution in [0, 0.1) is 0 Å². The lowest BCUT2D eigenvalue weighted by molar-refractivity contribution is -0.136. The smallest absolute Gasteiger partial charge is 0.405 e. The van der Waals surface area contributed by atoms with Crippen molar-refractivity contribution in [3.63, 3.8) is 0 Å². The minimum atomic E-state index is -1.22. The highest BCUT2D eigenvalue weighted by Gasteiger charge is 2.38. The molecule has 2 aliphatic heterocycles. The first-order valence-corrected chi connectivity index (χ1v) is 8.24. The fourth-order valence-electron chi connectivity index (χ4n) is 3.32. The van der Waals surface area contributed by atoms with Gasteiger partial charge in [-0.25, -0.2) is 9.59 Å². The third-order valence-electron chi connectivity index (χ3n) is 4.44. The first-order valence-electron chi connectivity index (χ1n) is 8.24. The maximum Gasteiger partial charge on any atom is 0.405 e. The van der Waals surface area contributed by atoms with Crippen LogP contribution in [0.2, 0.25) is 0 Å². The van der Waals surface area contributed by atoms with Crippen molar-refractivity contribution in [3.8, 4) is 0 Å². The lowest BCUT2D eigenvalue weighted by Crippen LogP contribution is -2.64. The predicted molar refractivity (Wildman–Crippen MR) is 85.8 cm³/mol. The van der Waals surface area contributed by atoms with E-state index in [9.17, 15) is 14.4 Å². The van der Waals surface area contributed by atoms with Gasteiger partial charge >= 0.3 is 12.1 Å². The number of carbonyl (C=O) groups excluding carboxylic acids is 2. The van der Waals surface area contributed by atoms with E-state index in [-0.39, 0.29) is 24.0 Å². The second kappa shape index (κ2) is 7.69. The molecule has 24 heavy (non-hydrogen) atoms. The fraction of sp³-hybridized carbons (Fsp3) is 0.800. The van der Waals surface area contributed by atoms with Gasteiger partial charge in [0.25, 0.3) is 0 Å². The molecule has 0 bridgehead atoms. The molecule has 9 heteroatoms. The standard InChI is InChI=1S/C15H26N4O5/c1-10-8-18(13(20)12(3)16-14(21)22)9-11(2)19(10)15(23)17-4-6-24-7-5-17/h10-12,16H,4-9H2,1-3H3,(H,21,22). The Kier molecular flexibility index (Phi) is 5.87. The number of carboxylic acid groups (broad SMARTS) is 1. The number of carbonyl (C=O) groups is 3. The number of morpholine rings is 1. The van der Waals surface area contributed by atoms with Gasteiger partial charge in [-0.15, -0.1) is 0 Å². The van der Waals surface area contributed by atoms with Crippen molar-refractivity contribution in [2.24, 2.45) is 0 Å². The van der Waals surface area contributed by atoms with Crippen LogP contribution in [0.1, 0.15) is 20.8 Å². The molecular formula is C15H26N4O5. The van der Waals surface area contributed by atoms with E-state index in [0.717, 1.165) is 0 Å². The monoisotopic (exact) mass is 342 g/mol. The molecular weight excluding hydrogens is 316 g/mol. The molecule has 4 amide bonds. The molecule has 3 unspecified atom stereocenters. The van der Waals surface area contributed by atoms with Crippen molar-refractivity contribution in [1.29, 1.82) is 0 Å². The van der Waals surface area contributed by atoms with Crippen LogP contribution in [0.4, 0.5) is 9.59 Å². The van der Waals surface area contributed by atoms with Gasteiger partial charge in [-0.05, 0) is 20.8 Å². The Labute approximate surface area is 141 Å². The van der Waals surface area contributed by atoms with Crippen molar-refractivity contribution < 1.29 is 24.2 Å². The number of ether oxygens (including phenoxy) is 1. The van der Waals surface area contributed by atoms with Crippen LogP contribution >= 0.6 is 0 Å². The highest BCUT2D eigenvalue weighted by molar-refractivity contribution is 5.85. The molecule has 0 spiro atoms. The van der Waals surface area contributed by atoms with Gasteiger partial charge in [-0.1, -0.05) is 0 Å². The summed E-state index contributed by atoms with van der Waals surface area (Å²) in [6.45, 7) is 8.38. The number of amides is 4. The van der Waals surface area contributed by atoms with E-state index in [0.29, 0.717) is 39.4 Å². The molecule has 2 heterocycles. The Bertz CT molecular complexity index is 482. The third-order valence-corrected chi connectivity index (χ3v) is 4.44.